The van der Waals surface area contributed by atoms with Gasteiger partial charge in [-0.15, -0.1) is 0 Å². The predicted molar refractivity (Wildman–Crippen MR) is 84.6 cm³/mol. The zero-order valence-corrected chi connectivity index (χ0v) is 12.9. The first kappa shape index (κ1) is 15.4. The van der Waals surface area contributed by atoms with Crippen molar-refractivity contribution in [2.24, 2.45) is 0 Å². The van der Waals surface area contributed by atoms with Gasteiger partial charge in [-0.3, -0.25) is 10.0 Å². The van der Waals surface area contributed by atoms with Crippen molar-refractivity contribution in [2.45, 2.75) is 32.5 Å². The van der Waals surface area contributed by atoms with Gasteiger partial charge in [0.05, 0.1) is 0 Å². The van der Waals surface area contributed by atoms with Crippen LogP contribution in [0, 0.1) is 6.92 Å². The van der Waals surface area contributed by atoms with Crippen molar-refractivity contribution in [1.29, 1.82) is 0 Å². The predicted octanol–water partition coefficient (Wildman–Crippen LogP) is 2.77. The van der Waals surface area contributed by atoms with Gasteiger partial charge in [-0.1, -0.05) is 35.9 Å². The van der Waals surface area contributed by atoms with Gasteiger partial charge in [0.2, 0.25) is 0 Å². The number of nitrogens with one attached hydrogen (secondary N) is 1. The number of hydrogen-bond donors (Lipinski definition) is 2. The second kappa shape index (κ2) is 6.71. The first-order valence-corrected chi connectivity index (χ1v) is 7.57. The number of amides is 1. The first-order chi connectivity index (χ1) is 11.2. The summed E-state index contributed by atoms with van der Waals surface area (Å²) in [6.45, 7) is 2.52. The number of benzene rings is 2. The van der Waals surface area contributed by atoms with Crippen molar-refractivity contribution in [3.05, 3.63) is 59.2 Å². The third-order valence-corrected chi connectivity index (χ3v) is 3.91. The third kappa shape index (κ3) is 3.63. The summed E-state index contributed by atoms with van der Waals surface area (Å²) in [4.78, 5) is 11.5. The molecule has 0 aromatic heterocycles. The van der Waals surface area contributed by atoms with Crippen molar-refractivity contribution in [3.8, 4) is 11.5 Å². The van der Waals surface area contributed by atoms with Crippen LogP contribution in [-0.2, 0) is 17.8 Å². The van der Waals surface area contributed by atoms with Crippen LogP contribution in [0.3, 0.4) is 0 Å². The van der Waals surface area contributed by atoms with Gasteiger partial charge >= 0.3 is 0 Å². The lowest BCUT2D eigenvalue weighted by Crippen LogP contribution is -2.38. The second-order valence-electron chi connectivity index (χ2n) is 5.67. The smallest absolute Gasteiger partial charge is 0.284 e. The van der Waals surface area contributed by atoms with Crippen LogP contribution in [0.25, 0.3) is 0 Å². The Kier molecular flexibility index (Phi) is 4.48. The minimum atomic E-state index is -0.667. The van der Waals surface area contributed by atoms with Crippen molar-refractivity contribution >= 4 is 5.91 Å². The van der Waals surface area contributed by atoms with Gasteiger partial charge in [0.1, 0.15) is 18.1 Å². The number of carbonyl (C=O) groups is 1. The number of aryl methyl sites for hydroxylation is 2. The van der Waals surface area contributed by atoms with Crippen LogP contribution >= 0.6 is 0 Å². The van der Waals surface area contributed by atoms with Crippen LogP contribution in [0.5, 0.6) is 11.5 Å². The lowest BCUT2D eigenvalue weighted by molar-refractivity contribution is -0.137. The second-order valence-corrected chi connectivity index (χ2v) is 5.67. The fourth-order valence-electron chi connectivity index (χ4n) is 2.55. The molecule has 1 heterocycles. The van der Waals surface area contributed by atoms with Crippen LogP contribution in [0.4, 0.5) is 0 Å². The molecule has 1 aliphatic rings. The van der Waals surface area contributed by atoms with Crippen molar-refractivity contribution < 1.29 is 19.5 Å². The molecule has 3 rings (SSSR count). The van der Waals surface area contributed by atoms with E-state index in [4.69, 9.17) is 14.7 Å². The minimum absolute atomic E-state index is 0.472. The van der Waals surface area contributed by atoms with Crippen LogP contribution in [-0.4, -0.2) is 17.2 Å². The molecule has 2 N–H and O–H groups in total. The van der Waals surface area contributed by atoms with Gasteiger partial charge in [0, 0.05) is 6.07 Å². The Hall–Kier alpha value is -2.53. The third-order valence-electron chi connectivity index (χ3n) is 3.91. The normalized spacial score (nSPS) is 16.2. The Bertz CT molecular complexity index is 697. The number of ether oxygens (including phenoxy) is 2. The summed E-state index contributed by atoms with van der Waals surface area (Å²) in [5.74, 6) is 0.794. The molecular weight excluding hydrogens is 294 g/mol. The summed E-state index contributed by atoms with van der Waals surface area (Å²) < 4.78 is 11.4. The Labute approximate surface area is 134 Å². The molecule has 0 saturated carbocycles. The van der Waals surface area contributed by atoms with Crippen molar-refractivity contribution in [1.82, 2.24) is 5.48 Å². The van der Waals surface area contributed by atoms with Crippen LogP contribution in [0.15, 0.2) is 42.5 Å². The average molecular weight is 313 g/mol. The lowest BCUT2D eigenvalue weighted by atomic mass is 10.0. The molecular formula is C18H19NO4. The Morgan fingerprint density at radius 1 is 1.30 bits per heavy atom. The lowest BCUT2D eigenvalue weighted by Gasteiger charge is -2.24. The Morgan fingerprint density at radius 2 is 2.09 bits per heavy atom. The maximum Gasteiger partial charge on any atom is 0.284 e. The fraction of sp³-hybridized carbons (Fsp3) is 0.278. The zero-order valence-electron chi connectivity index (χ0n) is 12.9. The van der Waals surface area contributed by atoms with Gasteiger partial charge in [0.15, 0.2) is 6.10 Å². The van der Waals surface area contributed by atoms with E-state index in [-0.39, 0.29) is 0 Å². The summed E-state index contributed by atoms with van der Waals surface area (Å²) in [6.07, 6.45) is 0.606. The summed E-state index contributed by atoms with van der Waals surface area (Å²) in [7, 11) is 0. The van der Waals surface area contributed by atoms with E-state index in [9.17, 15) is 4.79 Å². The van der Waals surface area contributed by atoms with E-state index in [0.29, 0.717) is 24.5 Å². The van der Waals surface area contributed by atoms with Crippen LogP contribution < -0.4 is 15.0 Å². The number of carbonyl (C=O) groups excluding carboxylic acids is 1. The van der Waals surface area contributed by atoms with Crippen molar-refractivity contribution in [2.75, 3.05) is 0 Å². The highest BCUT2D eigenvalue weighted by molar-refractivity contribution is 5.80. The van der Waals surface area contributed by atoms with Gasteiger partial charge in [-0.05, 0) is 37.0 Å². The number of fused-ring (bicyclic) bond motifs is 1. The van der Waals surface area contributed by atoms with Gasteiger partial charge in [-0.2, -0.15) is 0 Å². The SMILES string of the molecule is Cc1ccc(COc2ccc3c(c2)OC(C(=O)NO)CC3)cc1. The summed E-state index contributed by atoms with van der Waals surface area (Å²) >= 11 is 0. The van der Waals surface area contributed by atoms with Gasteiger partial charge in [-0.25, -0.2) is 5.48 Å². The highest BCUT2D eigenvalue weighted by Crippen LogP contribution is 2.31. The van der Waals surface area contributed by atoms with Crippen LogP contribution in [0.2, 0.25) is 0 Å². The molecule has 2 aromatic carbocycles. The Balaban J connectivity index is 1.68. The molecule has 0 spiro atoms. The quantitative estimate of drug-likeness (QED) is 0.673. The molecule has 2 aromatic rings. The summed E-state index contributed by atoms with van der Waals surface area (Å²) in [5, 5.41) is 8.72. The van der Waals surface area contributed by atoms with Gasteiger partial charge < -0.3 is 9.47 Å². The van der Waals surface area contributed by atoms with E-state index in [1.807, 2.05) is 43.3 Å². The maximum absolute atomic E-state index is 11.5. The number of hydroxylamine groups is 1. The molecule has 5 nitrogen and oxygen atoms in total. The van der Waals surface area contributed by atoms with E-state index in [1.165, 1.54) is 5.56 Å². The number of hydrogen-bond acceptors (Lipinski definition) is 4. The molecule has 0 radical (unpaired) electrons. The molecule has 0 aliphatic carbocycles. The van der Waals surface area contributed by atoms with Gasteiger partial charge in [0.25, 0.3) is 5.91 Å². The molecule has 0 saturated heterocycles. The van der Waals surface area contributed by atoms with E-state index in [2.05, 4.69) is 0 Å². The largest absolute Gasteiger partial charge is 0.489 e. The molecule has 5 heteroatoms. The molecule has 0 bridgehead atoms. The topological polar surface area (TPSA) is 67.8 Å². The van der Waals surface area contributed by atoms with E-state index < -0.39 is 12.0 Å². The van der Waals surface area contributed by atoms with Crippen molar-refractivity contribution in [3.63, 3.8) is 0 Å². The monoisotopic (exact) mass is 313 g/mol. The summed E-state index contributed by atoms with van der Waals surface area (Å²) in [6, 6.07) is 13.8. The molecule has 120 valence electrons. The summed E-state index contributed by atoms with van der Waals surface area (Å²) in [5.41, 5.74) is 4.97. The zero-order chi connectivity index (χ0) is 16.2. The van der Waals surface area contributed by atoms with E-state index >= 15 is 0 Å². The molecule has 1 atom stereocenters. The highest BCUT2D eigenvalue weighted by Gasteiger charge is 2.26. The molecule has 1 amide bonds. The minimum Gasteiger partial charge on any atom is -0.489 e. The molecule has 1 aliphatic heterocycles. The average Bonchev–Trinajstić information content (AvgIpc) is 2.60. The first-order valence-electron chi connectivity index (χ1n) is 7.57. The maximum atomic E-state index is 11.5. The fourth-order valence-corrected chi connectivity index (χ4v) is 2.55. The van der Waals surface area contributed by atoms with Crippen LogP contribution in [0.1, 0.15) is 23.1 Å². The molecule has 23 heavy (non-hydrogen) atoms. The Morgan fingerprint density at radius 3 is 2.83 bits per heavy atom. The standard InChI is InChI=1S/C18H19NO4/c1-12-2-4-13(5-3-12)11-22-15-8-6-14-7-9-16(18(20)19-21)23-17(14)10-15/h2-6,8,10,16,21H,7,9,11H2,1H3,(H,19,20). The molecule has 1 unspecified atom stereocenters. The highest BCUT2D eigenvalue weighted by atomic mass is 16.5. The molecule has 0 fully saturated rings. The number of rotatable bonds is 4. The van der Waals surface area contributed by atoms with E-state index in [1.54, 1.807) is 11.5 Å². The van der Waals surface area contributed by atoms with E-state index in [0.717, 1.165) is 17.5 Å².